The first kappa shape index (κ1) is 17.5. The molecule has 0 atom stereocenters. The van der Waals surface area contributed by atoms with E-state index < -0.39 is 0 Å². The molecule has 0 amide bonds. The second kappa shape index (κ2) is 9.41. The Morgan fingerprint density at radius 2 is 1.85 bits per heavy atom. The van der Waals surface area contributed by atoms with Crippen molar-refractivity contribution in [2.75, 3.05) is 24.5 Å². The van der Waals surface area contributed by atoms with Gasteiger partial charge in [-0.25, -0.2) is 0 Å². The number of benzene rings is 1. The first-order valence-corrected chi connectivity index (χ1v) is 8.69. The molecule has 0 aliphatic heterocycles. The van der Waals surface area contributed by atoms with Crippen LogP contribution in [-0.2, 0) is 6.54 Å². The summed E-state index contributed by atoms with van der Waals surface area (Å²) in [6, 6.07) is 6.64. The maximum absolute atomic E-state index is 3.62. The van der Waals surface area contributed by atoms with Gasteiger partial charge >= 0.3 is 0 Å². The van der Waals surface area contributed by atoms with Gasteiger partial charge in [0.15, 0.2) is 0 Å². The predicted molar refractivity (Wildman–Crippen MR) is 93.5 cm³/mol. The molecule has 1 aromatic rings. The number of anilines is 1. The maximum atomic E-state index is 3.62. The maximum Gasteiger partial charge on any atom is 0.0423 e. The van der Waals surface area contributed by atoms with Crippen LogP contribution in [0, 0.1) is 5.92 Å². The highest BCUT2D eigenvalue weighted by atomic mass is 79.9. The van der Waals surface area contributed by atoms with Crippen LogP contribution >= 0.6 is 15.9 Å². The molecule has 0 fully saturated rings. The third kappa shape index (κ3) is 5.10. The zero-order valence-electron chi connectivity index (χ0n) is 13.4. The highest BCUT2D eigenvalue weighted by Gasteiger charge is 2.14. The lowest BCUT2D eigenvalue weighted by Crippen LogP contribution is -2.30. The molecule has 0 saturated heterocycles. The van der Waals surface area contributed by atoms with E-state index in [0.29, 0.717) is 0 Å². The molecular weight excluding hydrogens is 312 g/mol. The molecule has 0 spiro atoms. The van der Waals surface area contributed by atoms with Crippen LogP contribution in [0.3, 0.4) is 0 Å². The molecule has 1 N–H and O–H groups in total. The van der Waals surface area contributed by atoms with E-state index in [1.54, 1.807) is 0 Å². The summed E-state index contributed by atoms with van der Waals surface area (Å²) in [5.74, 6) is 0.779. The van der Waals surface area contributed by atoms with Crippen LogP contribution in [0.15, 0.2) is 22.7 Å². The van der Waals surface area contributed by atoms with Crippen LogP contribution in [0.2, 0.25) is 0 Å². The minimum atomic E-state index is 0.779. The number of halogens is 1. The van der Waals surface area contributed by atoms with Gasteiger partial charge < -0.3 is 10.2 Å². The van der Waals surface area contributed by atoms with Crippen molar-refractivity contribution in [3.05, 3.63) is 28.2 Å². The molecule has 2 nitrogen and oxygen atoms in total. The Hall–Kier alpha value is -0.540. The average molecular weight is 341 g/mol. The molecule has 0 unspecified atom stereocenters. The minimum absolute atomic E-state index is 0.779. The summed E-state index contributed by atoms with van der Waals surface area (Å²) < 4.78 is 1.16. The molecule has 3 heteroatoms. The number of hydrogen-bond donors (Lipinski definition) is 1. The van der Waals surface area contributed by atoms with Gasteiger partial charge in [0, 0.05) is 29.8 Å². The SMILES string of the molecule is CCNCc1ccc(Br)cc1N(CC)CC(CC)CC. The molecule has 0 aliphatic rings. The van der Waals surface area contributed by atoms with Crippen molar-refractivity contribution in [3.8, 4) is 0 Å². The Labute approximate surface area is 133 Å². The van der Waals surface area contributed by atoms with Crippen molar-refractivity contribution >= 4 is 21.6 Å². The van der Waals surface area contributed by atoms with Gasteiger partial charge in [0.2, 0.25) is 0 Å². The van der Waals surface area contributed by atoms with Crippen LogP contribution in [-0.4, -0.2) is 19.6 Å². The fourth-order valence-electron chi connectivity index (χ4n) is 2.50. The van der Waals surface area contributed by atoms with E-state index in [-0.39, 0.29) is 0 Å². The smallest absolute Gasteiger partial charge is 0.0423 e. The van der Waals surface area contributed by atoms with Crippen molar-refractivity contribution in [1.82, 2.24) is 5.32 Å². The molecule has 0 aromatic heterocycles. The third-order valence-electron chi connectivity index (χ3n) is 3.97. The lowest BCUT2D eigenvalue weighted by Gasteiger charge is -2.29. The molecule has 0 bridgehead atoms. The Morgan fingerprint density at radius 1 is 1.15 bits per heavy atom. The quantitative estimate of drug-likeness (QED) is 0.693. The first-order valence-electron chi connectivity index (χ1n) is 7.90. The highest BCUT2D eigenvalue weighted by Crippen LogP contribution is 2.27. The van der Waals surface area contributed by atoms with Gasteiger partial charge in [-0.15, -0.1) is 0 Å². The second-order valence-corrected chi connectivity index (χ2v) is 6.19. The highest BCUT2D eigenvalue weighted by molar-refractivity contribution is 9.10. The zero-order chi connectivity index (χ0) is 15.0. The number of rotatable bonds is 9. The lowest BCUT2D eigenvalue weighted by atomic mass is 10.0. The van der Waals surface area contributed by atoms with E-state index in [0.717, 1.165) is 36.6 Å². The van der Waals surface area contributed by atoms with Crippen molar-refractivity contribution in [3.63, 3.8) is 0 Å². The van der Waals surface area contributed by atoms with Crippen molar-refractivity contribution in [2.24, 2.45) is 5.92 Å². The summed E-state index contributed by atoms with van der Waals surface area (Å²) in [6.45, 7) is 13.2. The van der Waals surface area contributed by atoms with Crippen LogP contribution in [0.5, 0.6) is 0 Å². The van der Waals surface area contributed by atoms with E-state index in [4.69, 9.17) is 0 Å². The summed E-state index contributed by atoms with van der Waals surface area (Å²) in [5, 5.41) is 3.44. The monoisotopic (exact) mass is 340 g/mol. The molecular formula is C17H29BrN2. The predicted octanol–water partition coefficient (Wildman–Crippen LogP) is 4.82. The minimum Gasteiger partial charge on any atom is -0.371 e. The van der Waals surface area contributed by atoms with Gasteiger partial charge in [-0.05, 0) is 37.1 Å². The van der Waals surface area contributed by atoms with Crippen LogP contribution < -0.4 is 10.2 Å². The van der Waals surface area contributed by atoms with E-state index in [9.17, 15) is 0 Å². The standard InChI is InChI=1S/C17H29BrN2/c1-5-14(6-2)13-20(8-4)17-11-16(18)10-9-15(17)12-19-7-3/h9-11,14,19H,5-8,12-13H2,1-4H3. The summed E-state index contributed by atoms with van der Waals surface area (Å²) in [7, 11) is 0. The van der Waals surface area contributed by atoms with Gasteiger partial charge in [-0.1, -0.05) is 55.6 Å². The van der Waals surface area contributed by atoms with E-state index in [2.05, 4.69) is 72.0 Å². The van der Waals surface area contributed by atoms with E-state index in [1.165, 1.54) is 24.1 Å². The second-order valence-electron chi connectivity index (χ2n) is 5.27. The summed E-state index contributed by atoms with van der Waals surface area (Å²) in [4.78, 5) is 2.52. The average Bonchev–Trinajstić information content (AvgIpc) is 2.47. The van der Waals surface area contributed by atoms with Crippen LogP contribution in [0.4, 0.5) is 5.69 Å². The van der Waals surface area contributed by atoms with Gasteiger partial charge in [0.05, 0.1) is 0 Å². The molecule has 0 aliphatic carbocycles. The molecule has 20 heavy (non-hydrogen) atoms. The fraction of sp³-hybridized carbons (Fsp3) is 0.647. The van der Waals surface area contributed by atoms with Gasteiger partial charge in [0.1, 0.15) is 0 Å². The summed E-state index contributed by atoms with van der Waals surface area (Å²) in [6.07, 6.45) is 2.51. The Kier molecular flexibility index (Phi) is 8.24. The van der Waals surface area contributed by atoms with Crippen LogP contribution in [0.25, 0.3) is 0 Å². The lowest BCUT2D eigenvalue weighted by molar-refractivity contribution is 0.485. The molecule has 0 radical (unpaired) electrons. The largest absolute Gasteiger partial charge is 0.371 e. The van der Waals surface area contributed by atoms with Gasteiger partial charge in [-0.3, -0.25) is 0 Å². The van der Waals surface area contributed by atoms with E-state index >= 15 is 0 Å². The topological polar surface area (TPSA) is 15.3 Å². The van der Waals surface area contributed by atoms with Crippen molar-refractivity contribution in [1.29, 1.82) is 0 Å². The van der Waals surface area contributed by atoms with Gasteiger partial charge in [0.25, 0.3) is 0 Å². The fourth-order valence-corrected chi connectivity index (χ4v) is 2.85. The molecule has 0 saturated carbocycles. The van der Waals surface area contributed by atoms with Crippen molar-refractivity contribution in [2.45, 2.75) is 47.1 Å². The Balaban J connectivity index is 2.96. The summed E-state index contributed by atoms with van der Waals surface area (Å²) in [5.41, 5.74) is 2.76. The van der Waals surface area contributed by atoms with Crippen molar-refractivity contribution < 1.29 is 0 Å². The number of nitrogens with zero attached hydrogens (tertiary/aromatic N) is 1. The number of hydrogen-bond acceptors (Lipinski definition) is 2. The summed E-state index contributed by atoms with van der Waals surface area (Å²) >= 11 is 3.62. The number of nitrogens with one attached hydrogen (secondary N) is 1. The first-order chi connectivity index (χ1) is 9.65. The zero-order valence-corrected chi connectivity index (χ0v) is 15.0. The molecule has 1 aromatic carbocycles. The van der Waals surface area contributed by atoms with Gasteiger partial charge in [-0.2, -0.15) is 0 Å². The van der Waals surface area contributed by atoms with Crippen LogP contribution in [0.1, 0.15) is 46.1 Å². The Morgan fingerprint density at radius 3 is 2.40 bits per heavy atom. The Bertz CT molecular complexity index is 389. The molecule has 1 rings (SSSR count). The molecule has 114 valence electrons. The molecule has 0 heterocycles. The third-order valence-corrected chi connectivity index (χ3v) is 4.46. The normalized spacial score (nSPS) is 11.1. The van der Waals surface area contributed by atoms with E-state index in [1.807, 2.05) is 0 Å².